The number of non-ortho nitro benzene ring substituents is 1. The van der Waals surface area contributed by atoms with E-state index in [0.717, 1.165) is 11.6 Å². The normalized spacial score (nSPS) is 9.70. The fraction of sp³-hybridized carbons (Fsp3) is 0.125. The van der Waals surface area contributed by atoms with Crippen molar-refractivity contribution >= 4 is 17.3 Å². The Kier molecular flexibility index (Phi) is 5.25. The van der Waals surface area contributed by atoms with Crippen LogP contribution in [0.1, 0.15) is 15.9 Å². The number of carbonyl (C=O) groups is 1. The molecule has 0 aliphatic carbocycles. The van der Waals surface area contributed by atoms with Crippen molar-refractivity contribution in [2.24, 2.45) is 0 Å². The number of nitriles is 1. The van der Waals surface area contributed by atoms with Crippen LogP contribution in [0.3, 0.4) is 0 Å². The van der Waals surface area contributed by atoms with Crippen LogP contribution < -0.4 is 5.32 Å². The average Bonchev–Trinajstić information content (AvgIpc) is 2.58. The van der Waals surface area contributed by atoms with Crippen LogP contribution in [0.25, 0.3) is 0 Å². The molecule has 7 nitrogen and oxygen atoms in total. The predicted octanol–water partition coefficient (Wildman–Crippen LogP) is 2.89. The van der Waals surface area contributed by atoms with Gasteiger partial charge in [0.2, 0.25) is 0 Å². The highest BCUT2D eigenvalue weighted by atomic mass is 16.6. The lowest BCUT2D eigenvalue weighted by Gasteiger charge is -2.11. The molecule has 2 aromatic rings. The molecule has 0 amide bonds. The third-order valence-electron chi connectivity index (χ3n) is 3.03. The number of nitro groups is 1. The van der Waals surface area contributed by atoms with Gasteiger partial charge in [-0.2, -0.15) is 5.26 Å². The number of nitrogens with zero attached hydrogens (tertiary/aromatic N) is 2. The van der Waals surface area contributed by atoms with Gasteiger partial charge in [0.1, 0.15) is 6.07 Å². The van der Waals surface area contributed by atoms with Gasteiger partial charge in [0, 0.05) is 24.4 Å². The molecule has 1 N–H and O–H groups in total. The summed E-state index contributed by atoms with van der Waals surface area (Å²) in [7, 11) is 0. The van der Waals surface area contributed by atoms with Crippen molar-refractivity contribution in [3.63, 3.8) is 0 Å². The highest BCUT2D eigenvalue weighted by molar-refractivity contribution is 5.96. The Bertz CT molecular complexity index is 754. The van der Waals surface area contributed by atoms with E-state index in [9.17, 15) is 14.9 Å². The zero-order chi connectivity index (χ0) is 16.7. The molecule has 0 saturated heterocycles. The lowest BCUT2D eigenvalue weighted by atomic mass is 10.1. The highest BCUT2D eigenvalue weighted by Gasteiger charge is 2.18. The van der Waals surface area contributed by atoms with Crippen LogP contribution in [0.4, 0.5) is 11.4 Å². The van der Waals surface area contributed by atoms with Gasteiger partial charge in [-0.1, -0.05) is 30.3 Å². The van der Waals surface area contributed by atoms with Crippen molar-refractivity contribution < 1.29 is 14.5 Å². The Hall–Kier alpha value is -3.40. The van der Waals surface area contributed by atoms with Gasteiger partial charge in [0.25, 0.3) is 5.69 Å². The van der Waals surface area contributed by atoms with Gasteiger partial charge in [0.15, 0.2) is 6.61 Å². The van der Waals surface area contributed by atoms with Crippen LogP contribution in [0.5, 0.6) is 0 Å². The largest absolute Gasteiger partial charge is 0.447 e. The summed E-state index contributed by atoms with van der Waals surface area (Å²) in [5.41, 5.74) is 1.19. The first-order valence-electron chi connectivity index (χ1n) is 6.72. The van der Waals surface area contributed by atoms with Crippen LogP contribution in [0.15, 0.2) is 48.5 Å². The molecule has 0 fully saturated rings. The molecule has 0 bridgehead atoms. The van der Waals surface area contributed by atoms with E-state index in [1.165, 1.54) is 12.1 Å². The summed E-state index contributed by atoms with van der Waals surface area (Å²) in [5, 5.41) is 22.4. The second-order valence-electron chi connectivity index (χ2n) is 4.56. The zero-order valence-corrected chi connectivity index (χ0v) is 12.1. The number of hydrogen-bond donors (Lipinski definition) is 1. The first-order chi connectivity index (χ1) is 11.1. The van der Waals surface area contributed by atoms with E-state index < -0.39 is 17.5 Å². The van der Waals surface area contributed by atoms with Crippen molar-refractivity contribution in [3.8, 4) is 6.07 Å². The smallest absolute Gasteiger partial charge is 0.341 e. The molecule has 0 radical (unpaired) electrons. The predicted molar refractivity (Wildman–Crippen MR) is 82.8 cm³/mol. The second kappa shape index (κ2) is 7.56. The molecule has 23 heavy (non-hydrogen) atoms. The van der Waals surface area contributed by atoms with Crippen LogP contribution in [-0.4, -0.2) is 17.5 Å². The van der Waals surface area contributed by atoms with Crippen molar-refractivity contribution in [2.45, 2.75) is 6.54 Å². The minimum absolute atomic E-state index is 0.0189. The first-order valence-corrected chi connectivity index (χ1v) is 6.72. The number of ether oxygens (including phenoxy) is 1. The van der Waals surface area contributed by atoms with Crippen LogP contribution in [0, 0.1) is 21.4 Å². The van der Waals surface area contributed by atoms with E-state index in [1.807, 2.05) is 30.3 Å². The molecular formula is C16H13N3O4. The maximum atomic E-state index is 12.0. The summed E-state index contributed by atoms with van der Waals surface area (Å²) in [6, 6.07) is 15.0. The van der Waals surface area contributed by atoms with Crippen LogP contribution >= 0.6 is 0 Å². The van der Waals surface area contributed by atoms with Crippen LogP contribution in [0.2, 0.25) is 0 Å². The number of carbonyl (C=O) groups excluding carboxylic acids is 1. The van der Waals surface area contributed by atoms with Crippen molar-refractivity contribution in [3.05, 3.63) is 69.8 Å². The molecule has 0 aliphatic rings. The summed E-state index contributed by atoms with van der Waals surface area (Å²) < 4.78 is 4.74. The summed E-state index contributed by atoms with van der Waals surface area (Å²) >= 11 is 0. The number of rotatable bonds is 6. The molecule has 0 saturated carbocycles. The SMILES string of the molecule is N#CCOC(=O)c1cc([N+](=O)[O-])ccc1NCc1ccccc1. The Morgan fingerprint density at radius 3 is 2.65 bits per heavy atom. The highest BCUT2D eigenvalue weighted by Crippen LogP contribution is 2.23. The molecule has 0 aliphatic heterocycles. The van der Waals surface area contributed by atoms with E-state index in [1.54, 1.807) is 6.07 Å². The fourth-order valence-corrected chi connectivity index (χ4v) is 1.94. The molecule has 0 atom stereocenters. The fourth-order valence-electron chi connectivity index (χ4n) is 1.94. The minimum Gasteiger partial charge on any atom is -0.447 e. The van der Waals surface area contributed by atoms with E-state index in [2.05, 4.69) is 5.32 Å². The van der Waals surface area contributed by atoms with E-state index in [0.29, 0.717) is 12.2 Å². The van der Waals surface area contributed by atoms with Crippen LogP contribution in [-0.2, 0) is 11.3 Å². The van der Waals surface area contributed by atoms with Gasteiger partial charge in [-0.3, -0.25) is 10.1 Å². The molecule has 0 unspecified atom stereocenters. The molecule has 116 valence electrons. The lowest BCUT2D eigenvalue weighted by Crippen LogP contribution is -2.11. The average molecular weight is 311 g/mol. The van der Waals surface area contributed by atoms with Gasteiger partial charge >= 0.3 is 5.97 Å². The quantitative estimate of drug-likeness (QED) is 0.499. The van der Waals surface area contributed by atoms with E-state index >= 15 is 0 Å². The number of esters is 1. The number of benzene rings is 2. The molecule has 0 aromatic heterocycles. The minimum atomic E-state index is -0.786. The van der Waals surface area contributed by atoms with Crippen molar-refractivity contribution in [2.75, 3.05) is 11.9 Å². The molecule has 0 spiro atoms. The Labute approximate surface area is 132 Å². The first kappa shape index (κ1) is 16.0. The summed E-state index contributed by atoms with van der Waals surface area (Å²) in [5.74, 6) is -0.786. The van der Waals surface area contributed by atoms with Gasteiger partial charge in [-0.25, -0.2) is 4.79 Å². The Morgan fingerprint density at radius 1 is 1.26 bits per heavy atom. The van der Waals surface area contributed by atoms with Gasteiger partial charge in [0.05, 0.1) is 10.5 Å². The monoisotopic (exact) mass is 311 g/mol. The summed E-state index contributed by atoms with van der Waals surface area (Å²) in [6.07, 6.45) is 0. The summed E-state index contributed by atoms with van der Waals surface area (Å²) in [4.78, 5) is 22.2. The third-order valence-corrected chi connectivity index (χ3v) is 3.03. The standard InChI is InChI=1S/C16H13N3O4/c17-8-9-23-16(20)14-10-13(19(21)22)6-7-15(14)18-11-12-4-2-1-3-5-12/h1-7,10,18H,9,11H2. The van der Waals surface area contributed by atoms with Crippen molar-refractivity contribution in [1.29, 1.82) is 5.26 Å². The van der Waals surface area contributed by atoms with Gasteiger partial charge in [-0.15, -0.1) is 0 Å². The molecular weight excluding hydrogens is 298 g/mol. The third kappa shape index (κ3) is 4.28. The van der Waals surface area contributed by atoms with E-state index in [4.69, 9.17) is 10.00 Å². The van der Waals surface area contributed by atoms with Gasteiger partial charge < -0.3 is 10.1 Å². The molecule has 2 rings (SSSR count). The molecule has 7 heteroatoms. The lowest BCUT2D eigenvalue weighted by molar-refractivity contribution is -0.384. The van der Waals surface area contributed by atoms with E-state index in [-0.39, 0.29) is 11.3 Å². The Balaban J connectivity index is 2.24. The Morgan fingerprint density at radius 2 is 2.00 bits per heavy atom. The molecule has 0 heterocycles. The molecule has 2 aromatic carbocycles. The van der Waals surface area contributed by atoms with Gasteiger partial charge in [-0.05, 0) is 11.6 Å². The zero-order valence-electron chi connectivity index (χ0n) is 12.1. The topological polar surface area (TPSA) is 105 Å². The number of nitro benzene ring substituents is 1. The van der Waals surface area contributed by atoms with Crippen molar-refractivity contribution in [1.82, 2.24) is 0 Å². The maximum absolute atomic E-state index is 12.0. The number of anilines is 1. The number of nitrogens with one attached hydrogen (secondary N) is 1. The summed E-state index contributed by atoms with van der Waals surface area (Å²) in [6.45, 7) is 0.0246. The number of hydrogen-bond acceptors (Lipinski definition) is 6. The maximum Gasteiger partial charge on any atom is 0.341 e. The second-order valence-corrected chi connectivity index (χ2v) is 4.56.